The first kappa shape index (κ1) is 21.1. The van der Waals surface area contributed by atoms with Crippen molar-refractivity contribution in [3.8, 4) is 11.5 Å². The topological polar surface area (TPSA) is 59.2 Å². The largest absolute Gasteiger partial charge is 0.419 e. The molecule has 0 unspecified atom stereocenters. The van der Waals surface area contributed by atoms with Gasteiger partial charge in [0.15, 0.2) is 0 Å². The molecular weight excluding hydrogens is 431 g/mol. The molecule has 1 saturated carbocycles. The van der Waals surface area contributed by atoms with Gasteiger partial charge in [0.05, 0.1) is 22.7 Å². The quantitative estimate of drug-likeness (QED) is 0.461. The molecule has 0 N–H and O–H groups in total. The first-order valence-electron chi connectivity index (χ1n) is 9.54. The summed E-state index contributed by atoms with van der Waals surface area (Å²) < 4.78 is 44.3. The predicted octanol–water partition coefficient (Wildman–Crippen LogP) is 5.61. The third kappa shape index (κ3) is 5.14. The van der Waals surface area contributed by atoms with Crippen molar-refractivity contribution in [2.75, 3.05) is 0 Å². The molecule has 0 atom stereocenters. The highest BCUT2D eigenvalue weighted by molar-refractivity contribution is 6.33. The third-order valence-electron chi connectivity index (χ3n) is 4.78. The van der Waals surface area contributed by atoms with Gasteiger partial charge >= 0.3 is 6.18 Å². The summed E-state index contributed by atoms with van der Waals surface area (Å²) in [4.78, 5) is 14.3. The maximum Gasteiger partial charge on any atom is 0.416 e. The molecule has 160 valence electrons. The fourth-order valence-corrected chi connectivity index (χ4v) is 3.28. The second-order valence-corrected chi connectivity index (χ2v) is 7.54. The standard InChI is InChI=1S/C22H17ClF3N3O2/c23-18-7-2-1-6-17(18)21-28-27-19(31-21)13-29(16-9-10-16)20(30)11-8-14-4-3-5-15(12-14)22(24,25)26/h1-8,11-12,16H,9-10,13H2/b11-8+. The number of nitrogens with zero attached hydrogens (tertiary/aromatic N) is 3. The van der Waals surface area contributed by atoms with E-state index in [1.165, 1.54) is 24.3 Å². The van der Waals surface area contributed by atoms with Crippen LogP contribution in [-0.2, 0) is 17.5 Å². The maximum atomic E-state index is 12.9. The Hall–Kier alpha value is -3.13. The highest BCUT2D eigenvalue weighted by Gasteiger charge is 2.33. The van der Waals surface area contributed by atoms with E-state index in [0.717, 1.165) is 25.0 Å². The number of carbonyl (C=O) groups is 1. The van der Waals surface area contributed by atoms with Crippen molar-refractivity contribution in [3.05, 3.63) is 76.6 Å². The summed E-state index contributed by atoms with van der Waals surface area (Å²) in [5.74, 6) is 0.170. The van der Waals surface area contributed by atoms with E-state index in [-0.39, 0.29) is 35.8 Å². The Kier molecular flexibility index (Phi) is 5.82. The Morgan fingerprint density at radius 3 is 2.65 bits per heavy atom. The summed E-state index contributed by atoms with van der Waals surface area (Å²) in [7, 11) is 0. The minimum atomic E-state index is -4.44. The van der Waals surface area contributed by atoms with Gasteiger partial charge in [-0.1, -0.05) is 35.9 Å². The number of amides is 1. The lowest BCUT2D eigenvalue weighted by Gasteiger charge is -2.18. The number of rotatable bonds is 6. The zero-order valence-electron chi connectivity index (χ0n) is 16.1. The number of benzene rings is 2. The van der Waals surface area contributed by atoms with Gasteiger partial charge in [-0.2, -0.15) is 13.2 Å². The predicted molar refractivity (Wildman–Crippen MR) is 109 cm³/mol. The molecular formula is C22H17ClF3N3O2. The average Bonchev–Trinajstić information content (AvgIpc) is 3.48. The molecule has 1 fully saturated rings. The summed E-state index contributed by atoms with van der Waals surface area (Å²) in [5, 5.41) is 8.48. The molecule has 5 nitrogen and oxygen atoms in total. The van der Waals surface area contributed by atoms with Gasteiger partial charge in [-0.25, -0.2) is 0 Å². The van der Waals surface area contributed by atoms with E-state index in [9.17, 15) is 18.0 Å². The van der Waals surface area contributed by atoms with Crippen molar-refractivity contribution >= 4 is 23.6 Å². The molecule has 1 amide bonds. The van der Waals surface area contributed by atoms with Crippen molar-refractivity contribution in [2.24, 2.45) is 0 Å². The Labute approximate surface area is 181 Å². The number of carbonyl (C=O) groups excluding carboxylic acids is 1. The van der Waals surface area contributed by atoms with Crippen LogP contribution in [0.1, 0.15) is 29.9 Å². The van der Waals surface area contributed by atoms with Gasteiger partial charge in [0, 0.05) is 12.1 Å². The van der Waals surface area contributed by atoms with Crippen molar-refractivity contribution in [1.82, 2.24) is 15.1 Å². The smallest absolute Gasteiger partial charge is 0.416 e. The normalized spacial score (nSPS) is 14.2. The first-order valence-corrected chi connectivity index (χ1v) is 9.92. The monoisotopic (exact) mass is 447 g/mol. The van der Waals surface area contributed by atoms with E-state index < -0.39 is 11.7 Å². The van der Waals surface area contributed by atoms with E-state index in [2.05, 4.69) is 10.2 Å². The summed E-state index contributed by atoms with van der Waals surface area (Å²) in [6.45, 7) is 0.105. The van der Waals surface area contributed by atoms with Crippen LogP contribution in [0, 0.1) is 0 Å². The number of alkyl halides is 3. The maximum absolute atomic E-state index is 12.9. The Morgan fingerprint density at radius 1 is 1.16 bits per heavy atom. The van der Waals surface area contributed by atoms with Crippen LogP contribution >= 0.6 is 11.6 Å². The van der Waals surface area contributed by atoms with Crippen LogP contribution < -0.4 is 0 Å². The van der Waals surface area contributed by atoms with E-state index in [1.54, 1.807) is 29.2 Å². The fourth-order valence-electron chi connectivity index (χ4n) is 3.06. The van der Waals surface area contributed by atoms with Gasteiger partial charge < -0.3 is 9.32 Å². The van der Waals surface area contributed by atoms with Crippen LogP contribution in [-0.4, -0.2) is 27.0 Å². The van der Waals surface area contributed by atoms with Gasteiger partial charge in [-0.05, 0) is 48.7 Å². The number of hydrogen-bond donors (Lipinski definition) is 0. The van der Waals surface area contributed by atoms with Crippen LogP contribution in [0.4, 0.5) is 13.2 Å². The summed E-state index contributed by atoms with van der Waals surface area (Å²) in [6, 6.07) is 11.9. The lowest BCUT2D eigenvalue weighted by Crippen LogP contribution is -2.31. The van der Waals surface area contributed by atoms with Crippen molar-refractivity contribution < 1.29 is 22.4 Å². The number of halogens is 4. The van der Waals surface area contributed by atoms with E-state index >= 15 is 0 Å². The van der Waals surface area contributed by atoms with Crippen molar-refractivity contribution in [1.29, 1.82) is 0 Å². The van der Waals surface area contributed by atoms with Gasteiger partial charge in [0.2, 0.25) is 17.7 Å². The molecule has 0 bridgehead atoms. The molecule has 31 heavy (non-hydrogen) atoms. The highest BCUT2D eigenvalue weighted by Crippen LogP contribution is 2.31. The number of hydrogen-bond acceptors (Lipinski definition) is 4. The second kappa shape index (κ2) is 8.55. The van der Waals surface area contributed by atoms with Crippen LogP contribution in [0.3, 0.4) is 0 Å². The van der Waals surface area contributed by atoms with Crippen LogP contribution in [0.25, 0.3) is 17.5 Å². The minimum absolute atomic E-state index is 0.0364. The van der Waals surface area contributed by atoms with Crippen molar-refractivity contribution in [2.45, 2.75) is 31.6 Å². The molecule has 0 aliphatic heterocycles. The molecule has 4 rings (SSSR count). The first-order chi connectivity index (χ1) is 14.8. The lowest BCUT2D eigenvalue weighted by atomic mass is 10.1. The molecule has 0 radical (unpaired) electrons. The van der Waals surface area contributed by atoms with Gasteiger partial charge in [0.1, 0.15) is 0 Å². The molecule has 3 aromatic rings. The molecule has 9 heteroatoms. The molecule has 0 saturated heterocycles. The fraction of sp³-hybridized carbons (Fsp3) is 0.227. The van der Waals surface area contributed by atoms with E-state index in [0.29, 0.717) is 10.6 Å². The molecule has 1 aliphatic carbocycles. The highest BCUT2D eigenvalue weighted by atomic mass is 35.5. The van der Waals surface area contributed by atoms with Crippen molar-refractivity contribution in [3.63, 3.8) is 0 Å². The van der Waals surface area contributed by atoms with Crippen LogP contribution in [0.5, 0.6) is 0 Å². The SMILES string of the molecule is O=C(/C=C/c1cccc(C(F)(F)F)c1)N(Cc1nnc(-c2ccccc2Cl)o1)C1CC1. The van der Waals surface area contributed by atoms with Gasteiger partial charge in [0.25, 0.3) is 0 Å². The Morgan fingerprint density at radius 2 is 1.94 bits per heavy atom. The second-order valence-electron chi connectivity index (χ2n) is 7.13. The zero-order chi connectivity index (χ0) is 22.0. The molecule has 2 aromatic carbocycles. The van der Waals surface area contributed by atoms with Gasteiger partial charge in [-0.15, -0.1) is 10.2 Å². The van der Waals surface area contributed by atoms with Crippen LogP contribution in [0.2, 0.25) is 5.02 Å². The lowest BCUT2D eigenvalue weighted by molar-refractivity contribution is -0.137. The van der Waals surface area contributed by atoms with Gasteiger partial charge in [-0.3, -0.25) is 4.79 Å². The van der Waals surface area contributed by atoms with E-state index in [1.807, 2.05) is 0 Å². The molecule has 1 aromatic heterocycles. The Balaban J connectivity index is 1.48. The summed E-state index contributed by atoms with van der Waals surface area (Å²) >= 11 is 6.15. The number of aromatic nitrogens is 2. The zero-order valence-corrected chi connectivity index (χ0v) is 16.9. The third-order valence-corrected chi connectivity index (χ3v) is 5.11. The minimum Gasteiger partial charge on any atom is -0.419 e. The Bertz CT molecular complexity index is 1120. The van der Waals surface area contributed by atoms with Crippen LogP contribution in [0.15, 0.2) is 59.0 Å². The molecule has 1 heterocycles. The average molecular weight is 448 g/mol. The summed E-state index contributed by atoms with van der Waals surface area (Å²) in [5.41, 5.74) is 0.119. The van der Waals surface area contributed by atoms with E-state index in [4.69, 9.17) is 16.0 Å². The molecule has 1 aliphatic rings. The molecule has 0 spiro atoms. The summed E-state index contributed by atoms with van der Waals surface area (Å²) in [6.07, 6.45) is -0.121.